The van der Waals surface area contributed by atoms with Crippen molar-refractivity contribution in [3.8, 4) is 0 Å². The average Bonchev–Trinajstić information content (AvgIpc) is 3.17. The molecule has 1 aliphatic rings. The van der Waals surface area contributed by atoms with Gasteiger partial charge in [-0.05, 0) is 52.5 Å². The van der Waals surface area contributed by atoms with Crippen LogP contribution in [0.2, 0.25) is 0 Å². The van der Waals surface area contributed by atoms with Gasteiger partial charge in [0.15, 0.2) is 5.96 Å². The molecule has 1 aliphatic heterocycles. The molecule has 3 rings (SSSR count). The van der Waals surface area contributed by atoms with Gasteiger partial charge in [-0.15, -0.1) is 24.0 Å². The molecule has 1 aromatic carbocycles. The van der Waals surface area contributed by atoms with Gasteiger partial charge in [-0.1, -0.05) is 6.07 Å². The van der Waals surface area contributed by atoms with Crippen molar-refractivity contribution >= 4 is 29.9 Å². The van der Waals surface area contributed by atoms with Crippen LogP contribution in [0.4, 0.5) is 8.78 Å². The van der Waals surface area contributed by atoms with Crippen LogP contribution in [0, 0.1) is 11.6 Å². The summed E-state index contributed by atoms with van der Waals surface area (Å²) in [4.78, 5) is 9.07. The zero-order valence-electron chi connectivity index (χ0n) is 19.9. The lowest BCUT2D eigenvalue weighted by Crippen LogP contribution is -2.51. The molecule has 184 valence electrons. The number of aliphatic imine (C=N–C) groups is 1. The number of likely N-dealkylation sites (tertiary alicyclic amines) is 1. The number of nitrogens with zero attached hydrogens (tertiary/aromatic N) is 5. The zero-order chi connectivity index (χ0) is 23.1. The Morgan fingerprint density at radius 2 is 2.03 bits per heavy atom. The maximum atomic E-state index is 14.1. The first-order valence-electron chi connectivity index (χ1n) is 11.2. The molecular formula is C23H36F2IN7. The van der Waals surface area contributed by atoms with Crippen molar-refractivity contribution < 1.29 is 8.78 Å². The van der Waals surface area contributed by atoms with E-state index in [0.29, 0.717) is 13.1 Å². The van der Waals surface area contributed by atoms with Crippen molar-refractivity contribution in [2.75, 3.05) is 40.3 Å². The van der Waals surface area contributed by atoms with Crippen LogP contribution >= 0.6 is 24.0 Å². The van der Waals surface area contributed by atoms with Gasteiger partial charge in [-0.25, -0.2) is 8.78 Å². The Morgan fingerprint density at radius 3 is 2.64 bits per heavy atom. The SMILES string of the molecule is CCNC(=NCC(c1cnn(C)c1)N(C)C)NC1CCCN(Cc2c(F)cccc2F)C1.I. The Labute approximate surface area is 212 Å². The third-order valence-electron chi connectivity index (χ3n) is 5.79. The summed E-state index contributed by atoms with van der Waals surface area (Å²) < 4.78 is 29.9. The molecule has 7 nitrogen and oxygen atoms in total. The number of guanidine groups is 1. The lowest BCUT2D eigenvalue weighted by Gasteiger charge is -2.34. The third kappa shape index (κ3) is 7.89. The molecule has 1 saturated heterocycles. The quantitative estimate of drug-likeness (QED) is 0.288. The van der Waals surface area contributed by atoms with Crippen molar-refractivity contribution in [2.24, 2.45) is 12.0 Å². The first-order valence-corrected chi connectivity index (χ1v) is 11.2. The summed E-state index contributed by atoms with van der Waals surface area (Å²) in [6.07, 6.45) is 5.84. The van der Waals surface area contributed by atoms with Crippen molar-refractivity contribution in [3.63, 3.8) is 0 Å². The summed E-state index contributed by atoms with van der Waals surface area (Å²) in [6, 6.07) is 4.31. The second-order valence-electron chi connectivity index (χ2n) is 8.57. The predicted molar refractivity (Wildman–Crippen MR) is 139 cm³/mol. The Kier molecular flexibility index (Phi) is 11.0. The standard InChI is InChI=1S/C23H35F2N7.HI/c1-5-26-23(27-13-22(30(2)3)17-12-28-31(4)14-17)29-18-8-7-11-32(15-18)16-19-20(24)9-6-10-21(19)25;/h6,9-10,12,14,18,22H,5,7-8,11,13,15-16H2,1-4H3,(H2,26,27,29);1H. The Bertz CT molecular complexity index is 882. The summed E-state index contributed by atoms with van der Waals surface area (Å²) in [6.45, 7) is 5.18. The van der Waals surface area contributed by atoms with Gasteiger partial charge in [0.2, 0.25) is 0 Å². The first-order chi connectivity index (χ1) is 15.4. The molecule has 2 atom stereocenters. The number of benzene rings is 1. The van der Waals surface area contributed by atoms with E-state index in [1.807, 2.05) is 40.5 Å². The summed E-state index contributed by atoms with van der Waals surface area (Å²) >= 11 is 0. The van der Waals surface area contributed by atoms with Crippen LogP contribution in [0.3, 0.4) is 0 Å². The van der Waals surface area contributed by atoms with Gasteiger partial charge in [0.25, 0.3) is 0 Å². The molecule has 0 amide bonds. The van der Waals surface area contributed by atoms with Crippen molar-refractivity contribution in [2.45, 2.75) is 38.4 Å². The topological polar surface area (TPSA) is 60.7 Å². The Morgan fingerprint density at radius 1 is 1.30 bits per heavy atom. The fourth-order valence-electron chi connectivity index (χ4n) is 4.09. The maximum Gasteiger partial charge on any atom is 0.191 e. The molecule has 1 aromatic heterocycles. The van der Waals surface area contributed by atoms with E-state index in [-0.39, 0.29) is 48.2 Å². The number of likely N-dealkylation sites (N-methyl/N-ethyl adjacent to an activating group) is 1. The number of rotatable bonds is 8. The molecule has 0 saturated carbocycles. The van der Waals surface area contributed by atoms with Crippen LogP contribution in [0.5, 0.6) is 0 Å². The molecule has 0 aliphatic carbocycles. The molecular weight excluding hydrogens is 539 g/mol. The molecule has 0 radical (unpaired) electrons. The first kappa shape index (κ1) is 27.5. The van der Waals surface area contributed by atoms with Crippen LogP contribution in [-0.4, -0.2) is 71.9 Å². The van der Waals surface area contributed by atoms with Crippen molar-refractivity contribution in [1.29, 1.82) is 0 Å². The summed E-state index contributed by atoms with van der Waals surface area (Å²) in [5.74, 6) is -0.215. The molecule has 2 unspecified atom stereocenters. The zero-order valence-corrected chi connectivity index (χ0v) is 22.2. The predicted octanol–water partition coefficient (Wildman–Crippen LogP) is 3.14. The minimum absolute atomic E-state index is 0. The fourth-order valence-corrected chi connectivity index (χ4v) is 4.09. The van der Waals surface area contributed by atoms with Gasteiger partial charge in [-0.2, -0.15) is 5.10 Å². The van der Waals surface area contributed by atoms with E-state index < -0.39 is 11.6 Å². The lowest BCUT2D eigenvalue weighted by molar-refractivity contribution is 0.188. The van der Waals surface area contributed by atoms with Gasteiger partial charge in [0, 0.05) is 50.0 Å². The highest BCUT2D eigenvalue weighted by Crippen LogP contribution is 2.19. The summed E-state index contributed by atoms with van der Waals surface area (Å²) in [5.41, 5.74) is 1.26. The number of aromatic nitrogens is 2. The normalized spacial score (nSPS) is 18.2. The van der Waals surface area contributed by atoms with E-state index in [0.717, 1.165) is 37.5 Å². The largest absolute Gasteiger partial charge is 0.357 e. The van der Waals surface area contributed by atoms with Crippen LogP contribution < -0.4 is 10.6 Å². The van der Waals surface area contributed by atoms with Gasteiger partial charge < -0.3 is 15.5 Å². The molecule has 33 heavy (non-hydrogen) atoms. The smallest absolute Gasteiger partial charge is 0.191 e. The lowest BCUT2D eigenvalue weighted by atomic mass is 10.0. The van der Waals surface area contributed by atoms with E-state index >= 15 is 0 Å². The summed E-state index contributed by atoms with van der Waals surface area (Å²) in [7, 11) is 5.98. The van der Waals surface area contributed by atoms with E-state index in [1.54, 1.807) is 4.68 Å². The number of aryl methyl sites for hydroxylation is 1. The molecule has 0 bridgehead atoms. The van der Waals surface area contributed by atoms with Crippen LogP contribution in [0.1, 0.15) is 36.9 Å². The van der Waals surface area contributed by atoms with Gasteiger partial charge in [0.1, 0.15) is 11.6 Å². The van der Waals surface area contributed by atoms with Crippen molar-refractivity contribution in [1.82, 2.24) is 30.2 Å². The van der Waals surface area contributed by atoms with Crippen LogP contribution in [0.25, 0.3) is 0 Å². The van der Waals surface area contributed by atoms with Crippen molar-refractivity contribution in [3.05, 3.63) is 53.4 Å². The third-order valence-corrected chi connectivity index (χ3v) is 5.79. The van der Waals surface area contributed by atoms with E-state index in [9.17, 15) is 8.78 Å². The molecule has 10 heteroatoms. The maximum absolute atomic E-state index is 14.1. The number of hydrogen-bond acceptors (Lipinski definition) is 4. The molecule has 2 heterocycles. The van der Waals surface area contributed by atoms with Gasteiger partial charge in [-0.3, -0.25) is 14.6 Å². The minimum Gasteiger partial charge on any atom is -0.357 e. The molecule has 2 aromatic rings. The molecule has 2 N–H and O–H groups in total. The average molecular weight is 575 g/mol. The van der Waals surface area contributed by atoms with Crippen LogP contribution in [0.15, 0.2) is 35.6 Å². The highest BCUT2D eigenvalue weighted by molar-refractivity contribution is 14.0. The second kappa shape index (κ2) is 13.2. The van der Waals surface area contributed by atoms with Gasteiger partial charge >= 0.3 is 0 Å². The van der Waals surface area contributed by atoms with E-state index in [4.69, 9.17) is 4.99 Å². The Balaban J connectivity index is 0.00000385. The number of nitrogens with one attached hydrogen (secondary N) is 2. The fraction of sp³-hybridized carbons (Fsp3) is 0.565. The van der Waals surface area contributed by atoms with Crippen LogP contribution in [-0.2, 0) is 13.6 Å². The monoisotopic (exact) mass is 575 g/mol. The second-order valence-corrected chi connectivity index (χ2v) is 8.57. The molecule has 0 spiro atoms. The summed E-state index contributed by atoms with van der Waals surface area (Å²) in [5, 5.41) is 11.1. The number of halogens is 3. The molecule has 1 fully saturated rings. The Hall–Kier alpha value is -1.79. The van der Waals surface area contributed by atoms with E-state index in [2.05, 4.69) is 25.5 Å². The highest BCUT2D eigenvalue weighted by atomic mass is 127. The highest BCUT2D eigenvalue weighted by Gasteiger charge is 2.23. The minimum atomic E-state index is -0.486. The van der Waals surface area contributed by atoms with Gasteiger partial charge in [0.05, 0.1) is 18.8 Å². The number of piperidine rings is 1. The van der Waals surface area contributed by atoms with E-state index in [1.165, 1.54) is 18.2 Å². The number of hydrogen-bond donors (Lipinski definition) is 2.